The molecule has 3 N–H and O–H groups in total. The summed E-state index contributed by atoms with van der Waals surface area (Å²) in [6.45, 7) is 2.63. The zero-order valence-electron chi connectivity index (χ0n) is 14.1. The van der Waals surface area contributed by atoms with Crippen LogP contribution in [-0.4, -0.2) is 41.4 Å². The van der Waals surface area contributed by atoms with Crippen LogP contribution in [0.1, 0.15) is 30.0 Å². The Labute approximate surface area is 146 Å². The molecule has 7 heteroatoms. The highest BCUT2D eigenvalue weighted by molar-refractivity contribution is 5.45. The topological polar surface area (TPSA) is 84.5 Å². The molecule has 1 aliphatic rings. The van der Waals surface area contributed by atoms with Gasteiger partial charge in [-0.25, -0.2) is 9.37 Å². The summed E-state index contributed by atoms with van der Waals surface area (Å²) in [5.41, 5.74) is 7.76. The zero-order valence-corrected chi connectivity index (χ0v) is 14.1. The van der Waals surface area contributed by atoms with Crippen molar-refractivity contribution in [2.24, 2.45) is 0 Å². The first-order valence-corrected chi connectivity index (χ1v) is 8.48. The lowest BCUT2D eigenvalue weighted by molar-refractivity contribution is 0.193. The monoisotopic (exact) mass is 346 g/mol. The molecule has 0 amide bonds. The van der Waals surface area contributed by atoms with E-state index in [9.17, 15) is 9.50 Å². The van der Waals surface area contributed by atoms with E-state index in [0.717, 1.165) is 24.3 Å². The first kappa shape index (κ1) is 17.6. The van der Waals surface area contributed by atoms with Gasteiger partial charge < -0.3 is 20.5 Å². The third-order valence-corrected chi connectivity index (χ3v) is 4.29. The summed E-state index contributed by atoms with van der Waals surface area (Å²) in [5, 5.41) is 9.20. The number of hydrogen-bond donors (Lipinski definition) is 2. The SMILES string of the molecule is Nc1nc(C2CCOC2)cc(N(CCCO)Cc2ccc(F)cc2)n1. The number of nitrogens with two attached hydrogens (primary N) is 1. The molecule has 1 aromatic carbocycles. The second kappa shape index (κ2) is 8.22. The quantitative estimate of drug-likeness (QED) is 0.799. The lowest BCUT2D eigenvalue weighted by atomic mass is 10.0. The number of aliphatic hydroxyl groups is 1. The Balaban J connectivity index is 1.85. The van der Waals surface area contributed by atoms with Gasteiger partial charge in [-0.05, 0) is 30.5 Å². The van der Waals surface area contributed by atoms with Crippen LogP contribution >= 0.6 is 0 Å². The molecule has 1 saturated heterocycles. The second-order valence-electron chi connectivity index (χ2n) is 6.19. The molecule has 0 saturated carbocycles. The Hall–Kier alpha value is -2.25. The third kappa shape index (κ3) is 4.64. The zero-order chi connectivity index (χ0) is 17.6. The highest BCUT2D eigenvalue weighted by Crippen LogP contribution is 2.27. The molecule has 0 radical (unpaired) electrons. The van der Waals surface area contributed by atoms with Gasteiger partial charge in [-0.15, -0.1) is 0 Å². The summed E-state index contributed by atoms with van der Waals surface area (Å²) in [4.78, 5) is 10.8. The van der Waals surface area contributed by atoms with Crippen LogP contribution in [0, 0.1) is 5.82 Å². The van der Waals surface area contributed by atoms with E-state index in [-0.39, 0.29) is 24.3 Å². The van der Waals surface area contributed by atoms with Crippen LogP contribution in [0.25, 0.3) is 0 Å². The predicted octanol–water partition coefficient (Wildman–Crippen LogP) is 2.09. The van der Waals surface area contributed by atoms with E-state index in [4.69, 9.17) is 10.5 Å². The maximum atomic E-state index is 13.1. The molecule has 0 spiro atoms. The number of ether oxygens (including phenoxy) is 1. The minimum Gasteiger partial charge on any atom is -0.396 e. The van der Waals surface area contributed by atoms with E-state index in [1.807, 2.05) is 11.0 Å². The van der Waals surface area contributed by atoms with E-state index in [0.29, 0.717) is 31.9 Å². The van der Waals surface area contributed by atoms with Crippen molar-refractivity contribution in [3.05, 3.63) is 47.4 Å². The number of hydrogen-bond acceptors (Lipinski definition) is 6. The van der Waals surface area contributed by atoms with Crippen LogP contribution in [0.5, 0.6) is 0 Å². The van der Waals surface area contributed by atoms with Crippen LogP contribution in [0.3, 0.4) is 0 Å². The van der Waals surface area contributed by atoms with Gasteiger partial charge in [0.05, 0.1) is 12.3 Å². The van der Waals surface area contributed by atoms with Crippen molar-refractivity contribution in [1.29, 1.82) is 0 Å². The van der Waals surface area contributed by atoms with Crippen LogP contribution in [0.4, 0.5) is 16.2 Å². The lowest BCUT2D eigenvalue weighted by Crippen LogP contribution is -2.26. The molecule has 2 aromatic rings. The molecule has 1 fully saturated rings. The molecule has 1 unspecified atom stereocenters. The standard InChI is InChI=1S/C18H23FN4O2/c19-15-4-2-13(3-5-15)11-23(7-1-8-24)17-10-16(21-18(20)22-17)14-6-9-25-12-14/h2-5,10,14,24H,1,6-9,11-12H2,(H2,20,21,22). The Bertz CT molecular complexity index is 690. The summed E-state index contributed by atoms with van der Waals surface area (Å²) in [7, 11) is 0. The van der Waals surface area contributed by atoms with E-state index in [2.05, 4.69) is 9.97 Å². The Morgan fingerprint density at radius 2 is 2.08 bits per heavy atom. The van der Waals surface area contributed by atoms with Crippen molar-refractivity contribution in [2.45, 2.75) is 25.3 Å². The fraction of sp³-hybridized carbons (Fsp3) is 0.444. The third-order valence-electron chi connectivity index (χ3n) is 4.29. The number of halogens is 1. The van der Waals surface area contributed by atoms with Gasteiger partial charge in [-0.1, -0.05) is 12.1 Å². The molecule has 1 atom stereocenters. The van der Waals surface area contributed by atoms with Crippen LogP contribution < -0.4 is 10.6 Å². The molecular formula is C18H23FN4O2. The molecular weight excluding hydrogens is 323 g/mol. The summed E-state index contributed by atoms with van der Waals surface area (Å²) >= 11 is 0. The number of anilines is 2. The molecule has 25 heavy (non-hydrogen) atoms. The largest absolute Gasteiger partial charge is 0.396 e. The number of aliphatic hydroxyl groups excluding tert-OH is 1. The van der Waals surface area contributed by atoms with Crippen LogP contribution in [0.2, 0.25) is 0 Å². The van der Waals surface area contributed by atoms with Crippen molar-refractivity contribution in [1.82, 2.24) is 9.97 Å². The number of benzene rings is 1. The fourth-order valence-electron chi connectivity index (χ4n) is 2.96. The molecule has 3 rings (SSSR count). The first-order chi connectivity index (χ1) is 12.2. The summed E-state index contributed by atoms with van der Waals surface area (Å²) in [5.74, 6) is 0.912. The Kier molecular flexibility index (Phi) is 5.78. The van der Waals surface area contributed by atoms with Crippen molar-refractivity contribution < 1.29 is 14.2 Å². The number of rotatable bonds is 7. The summed E-state index contributed by atoms with van der Waals surface area (Å²) in [6, 6.07) is 8.32. The van der Waals surface area contributed by atoms with E-state index < -0.39 is 0 Å². The average molecular weight is 346 g/mol. The predicted molar refractivity (Wildman–Crippen MR) is 93.8 cm³/mol. The number of aromatic nitrogens is 2. The maximum absolute atomic E-state index is 13.1. The Morgan fingerprint density at radius 1 is 1.28 bits per heavy atom. The summed E-state index contributed by atoms with van der Waals surface area (Å²) < 4.78 is 18.6. The van der Waals surface area contributed by atoms with Crippen molar-refractivity contribution >= 4 is 11.8 Å². The number of nitrogens with zero attached hydrogens (tertiary/aromatic N) is 3. The smallest absolute Gasteiger partial charge is 0.222 e. The molecule has 1 aliphatic heterocycles. The molecule has 0 bridgehead atoms. The summed E-state index contributed by atoms with van der Waals surface area (Å²) in [6.07, 6.45) is 1.53. The van der Waals surface area contributed by atoms with E-state index >= 15 is 0 Å². The van der Waals surface area contributed by atoms with Gasteiger partial charge in [0.15, 0.2) is 0 Å². The molecule has 134 valence electrons. The lowest BCUT2D eigenvalue weighted by Gasteiger charge is -2.24. The molecule has 1 aromatic heterocycles. The highest BCUT2D eigenvalue weighted by atomic mass is 19.1. The van der Waals surface area contributed by atoms with Crippen LogP contribution in [-0.2, 0) is 11.3 Å². The van der Waals surface area contributed by atoms with Crippen LogP contribution in [0.15, 0.2) is 30.3 Å². The van der Waals surface area contributed by atoms with E-state index in [1.54, 1.807) is 12.1 Å². The van der Waals surface area contributed by atoms with Crippen molar-refractivity contribution in [2.75, 3.05) is 37.0 Å². The van der Waals surface area contributed by atoms with Gasteiger partial charge in [-0.2, -0.15) is 4.98 Å². The highest BCUT2D eigenvalue weighted by Gasteiger charge is 2.21. The molecule has 6 nitrogen and oxygen atoms in total. The van der Waals surface area contributed by atoms with Gasteiger partial charge in [0.1, 0.15) is 11.6 Å². The van der Waals surface area contributed by atoms with Gasteiger partial charge in [0.25, 0.3) is 0 Å². The first-order valence-electron chi connectivity index (χ1n) is 8.48. The van der Waals surface area contributed by atoms with E-state index in [1.165, 1.54) is 12.1 Å². The van der Waals surface area contributed by atoms with Crippen molar-refractivity contribution in [3.8, 4) is 0 Å². The minimum absolute atomic E-state index is 0.0871. The maximum Gasteiger partial charge on any atom is 0.222 e. The van der Waals surface area contributed by atoms with Gasteiger partial charge in [0, 0.05) is 38.3 Å². The average Bonchev–Trinajstić information content (AvgIpc) is 3.14. The normalized spacial score (nSPS) is 17.0. The molecule has 2 heterocycles. The minimum atomic E-state index is -0.263. The number of nitrogen functional groups attached to an aromatic ring is 1. The molecule has 0 aliphatic carbocycles. The Morgan fingerprint density at radius 3 is 2.76 bits per heavy atom. The van der Waals surface area contributed by atoms with Gasteiger partial charge in [0.2, 0.25) is 5.95 Å². The fourth-order valence-corrected chi connectivity index (χ4v) is 2.96. The van der Waals surface area contributed by atoms with Crippen molar-refractivity contribution in [3.63, 3.8) is 0 Å². The van der Waals surface area contributed by atoms with Gasteiger partial charge in [-0.3, -0.25) is 0 Å². The van der Waals surface area contributed by atoms with Gasteiger partial charge >= 0.3 is 0 Å². The second-order valence-corrected chi connectivity index (χ2v) is 6.19.